The fourth-order valence-electron chi connectivity index (χ4n) is 2.24. The third-order valence-electron chi connectivity index (χ3n) is 4.00. The van der Waals surface area contributed by atoms with Gasteiger partial charge in [0.15, 0.2) is 0 Å². The normalized spacial score (nSPS) is 34.5. The summed E-state index contributed by atoms with van der Waals surface area (Å²) in [4.78, 5) is 0. The van der Waals surface area contributed by atoms with Gasteiger partial charge in [-0.2, -0.15) is 0 Å². The lowest BCUT2D eigenvalue weighted by Gasteiger charge is -2.32. The molecule has 0 spiro atoms. The summed E-state index contributed by atoms with van der Waals surface area (Å²) in [5.74, 6) is 3.80. The lowest BCUT2D eigenvalue weighted by molar-refractivity contribution is 0.167. The van der Waals surface area contributed by atoms with E-state index in [0.29, 0.717) is 5.41 Å². The molecule has 0 aromatic heterocycles. The fraction of sp³-hybridized carbons (Fsp3) is 1.00. The molecule has 0 aromatic carbocycles. The fourth-order valence-corrected chi connectivity index (χ4v) is 2.24. The van der Waals surface area contributed by atoms with E-state index in [-0.39, 0.29) is 0 Å². The smallest absolute Gasteiger partial charge is 0.0354 e. The first-order chi connectivity index (χ1) is 5.34. The van der Waals surface area contributed by atoms with Gasteiger partial charge >= 0.3 is 0 Å². The number of hydrogen-bond acceptors (Lipinski definition) is 0. The van der Waals surface area contributed by atoms with E-state index in [1.807, 2.05) is 0 Å². The van der Waals surface area contributed by atoms with E-state index in [1.165, 1.54) is 6.42 Å². The number of hydrogen-bond donors (Lipinski definition) is 0. The molecule has 0 radical (unpaired) electrons. The van der Waals surface area contributed by atoms with Gasteiger partial charge in [0.25, 0.3) is 0 Å². The summed E-state index contributed by atoms with van der Waals surface area (Å²) < 4.78 is 0. The monoisotopic (exact) mass is 168 g/mol. The van der Waals surface area contributed by atoms with Gasteiger partial charge in [0, 0.05) is 0 Å². The third kappa shape index (κ3) is 2.02. The van der Waals surface area contributed by atoms with Crippen LogP contribution in [0, 0.1) is 29.1 Å². The molecule has 1 aliphatic rings. The van der Waals surface area contributed by atoms with Crippen molar-refractivity contribution in [3.63, 3.8) is 0 Å². The Morgan fingerprint density at radius 1 is 1.17 bits per heavy atom. The maximum Gasteiger partial charge on any atom is -0.0354 e. The first-order valence-corrected chi connectivity index (χ1v) is 5.34. The lowest BCUT2D eigenvalue weighted by atomic mass is 9.73. The van der Waals surface area contributed by atoms with Gasteiger partial charge in [-0.1, -0.05) is 41.5 Å². The first kappa shape index (κ1) is 10.1. The molecule has 0 heteroatoms. The van der Waals surface area contributed by atoms with Crippen molar-refractivity contribution >= 4 is 0 Å². The maximum absolute atomic E-state index is 2.43. The molecule has 4 unspecified atom stereocenters. The summed E-state index contributed by atoms with van der Waals surface area (Å²) in [5.41, 5.74) is 0.488. The molecule has 0 amide bonds. The number of rotatable bonds is 2. The second-order valence-corrected chi connectivity index (χ2v) is 5.89. The third-order valence-corrected chi connectivity index (χ3v) is 4.00. The Labute approximate surface area is 77.7 Å². The maximum atomic E-state index is 2.43. The van der Waals surface area contributed by atoms with Gasteiger partial charge in [-0.25, -0.2) is 0 Å². The zero-order chi connectivity index (χ0) is 9.52. The van der Waals surface area contributed by atoms with Gasteiger partial charge in [0.05, 0.1) is 0 Å². The summed E-state index contributed by atoms with van der Waals surface area (Å²) in [6, 6.07) is 0. The molecule has 0 nitrogen and oxygen atoms in total. The summed E-state index contributed by atoms with van der Waals surface area (Å²) >= 11 is 0. The molecule has 1 fully saturated rings. The Kier molecular flexibility index (Phi) is 2.56. The van der Waals surface area contributed by atoms with Crippen molar-refractivity contribution in [2.75, 3.05) is 0 Å². The molecular formula is C12H24. The summed E-state index contributed by atoms with van der Waals surface area (Å²) in [5, 5.41) is 0. The van der Waals surface area contributed by atoms with Crippen molar-refractivity contribution in [2.45, 2.75) is 48.0 Å². The Morgan fingerprint density at radius 2 is 1.58 bits per heavy atom. The van der Waals surface area contributed by atoms with Gasteiger partial charge in [0.1, 0.15) is 0 Å². The average Bonchev–Trinajstić information content (AvgIpc) is 2.62. The summed E-state index contributed by atoms with van der Waals surface area (Å²) in [7, 11) is 0. The minimum atomic E-state index is 0.488. The largest absolute Gasteiger partial charge is 0.0622 e. The highest BCUT2D eigenvalue weighted by Gasteiger charge is 2.41. The van der Waals surface area contributed by atoms with Crippen LogP contribution in [0.5, 0.6) is 0 Å². The van der Waals surface area contributed by atoms with E-state index >= 15 is 0 Å². The van der Waals surface area contributed by atoms with Gasteiger partial charge < -0.3 is 0 Å². The Bertz CT molecular complexity index is 152. The van der Waals surface area contributed by atoms with Crippen molar-refractivity contribution in [3.05, 3.63) is 0 Å². The first-order valence-electron chi connectivity index (χ1n) is 5.34. The highest BCUT2D eigenvalue weighted by Crippen LogP contribution is 2.49. The lowest BCUT2D eigenvalue weighted by Crippen LogP contribution is -2.25. The molecule has 1 aliphatic carbocycles. The van der Waals surface area contributed by atoms with Crippen molar-refractivity contribution < 1.29 is 0 Å². The molecule has 0 saturated heterocycles. The molecule has 72 valence electrons. The second kappa shape index (κ2) is 3.05. The standard InChI is InChI=1S/C12H24/c1-8-7-11(8)9(2)10(3)12(4,5)6/h8-11H,7H2,1-6H3. The Hall–Kier alpha value is 0. The van der Waals surface area contributed by atoms with Crippen LogP contribution in [-0.4, -0.2) is 0 Å². The van der Waals surface area contributed by atoms with E-state index in [0.717, 1.165) is 23.7 Å². The molecule has 0 aliphatic heterocycles. The van der Waals surface area contributed by atoms with Crippen LogP contribution in [0.1, 0.15) is 48.0 Å². The molecule has 0 bridgehead atoms. The van der Waals surface area contributed by atoms with Crippen LogP contribution in [0.15, 0.2) is 0 Å². The summed E-state index contributed by atoms with van der Waals surface area (Å²) in [6.07, 6.45) is 1.47. The zero-order valence-electron chi connectivity index (χ0n) is 9.52. The van der Waals surface area contributed by atoms with Crippen LogP contribution < -0.4 is 0 Å². The van der Waals surface area contributed by atoms with Crippen molar-refractivity contribution in [1.82, 2.24) is 0 Å². The van der Waals surface area contributed by atoms with Crippen molar-refractivity contribution in [3.8, 4) is 0 Å². The van der Waals surface area contributed by atoms with E-state index in [1.54, 1.807) is 0 Å². The van der Waals surface area contributed by atoms with Crippen LogP contribution in [0.3, 0.4) is 0 Å². The van der Waals surface area contributed by atoms with E-state index in [9.17, 15) is 0 Å². The van der Waals surface area contributed by atoms with Gasteiger partial charge in [-0.3, -0.25) is 0 Å². The van der Waals surface area contributed by atoms with Crippen molar-refractivity contribution in [1.29, 1.82) is 0 Å². The van der Waals surface area contributed by atoms with E-state index < -0.39 is 0 Å². The molecule has 0 aromatic rings. The van der Waals surface area contributed by atoms with E-state index in [2.05, 4.69) is 41.5 Å². The molecule has 4 atom stereocenters. The van der Waals surface area contributed by atoms with Crippen LogP contribution in [0.2, 0.25) is 0 Å². The van der Waals surface area contributed by atoms with E-state index in [4.69, 9.17) is 0 Å². The molecule has 1 saturated carbocycles. The second-order valence-electron chi connectivity index (χ2n) is 5.89. The highest BCUT2D eigenvalue weighted by atomic mass is 14.5. The zero-order valence-corrected chi connectivity index (χ0v) is 9.52. The Balaban J connectivity index is 2.47. The predicted molar refractivity (Wildman–Crippen MR) is 55.1 cm³/mol. The highest BCUT2D eigenvalue weighted by molar-refractivity contribution is 4.90. The molecule has 0 heterocycles. The average molecular weight is 168 g/mol. The quantitative estimate of drug-likeness (QED) is 0.585. The summed E-state index contributed by atoms with van der Waals surface area (Å²) in [6.45, 7) is 14.3. The van der Waals surface area contributed by atoms with Crippen LogP contribution in [-0.2, 0) is 0 Å². The SMILES string of the molecule is CC1CC1C(C)C(C)C(C)(C)C. The van der Waals surface area contributed by atoms with Gasteiger partial charge in [0.2, 0.25) is 0 Å². The Morgan fingerprint density at radius 3 is 1.83 bits per heavy atom. The molecular weight excluding hydrogens is 144 g/mol. The molecule has 1 rings (SSSR count). The minimum Gasteiger partial charge on any atom is -0.0622 e. The van der Waals surface area contributed by atoms with Gasteiger partial charge in [-0.05, 0) is 35.5 Å². The van der Waals surface area contributed by atoms with Crippen molar-refractivity contribution in [2.24, 2.45) is 29.1 Å². The van der Waals surface area contributed by atoms with Crippen LogP contribution in [0.4, 0.5) is 0 Å². The topological polar surface area (TPSA) is 0 Å². The molecule has 12 heavy (non-hydrogen) atoms. The molecule has 0 N–H and O–H groups in total. The van der Waals surface area contributed by atoms with Crippen LogP contribution >= 0.6 is 0 Å². The van der Waals surface area contributed by atoms with Gasteiger partial charge in [-0.15, -0.1) is 0 Å². The predicted octanol–water partition coefficient (Wildman–Crippen LogP) is 3.96. The van der Waals surface area contributed by atoms with Crippen LogP contribution in [0.25, 0.3) is 0 Å². The minimum absolute atomic E-state index is 0.488.